The molecule has 4 rings (SSSR count). The fraction of sp³-hybridized carbons (Fsp3) is 0.355. The zero-order valence-electron chi connectivity index (χ0n) is 23.9. The maximum Gasteiger partial charge on any atom is 0.407 e. The number of anilines is 2. The number of morpholine rings is 1. The molecule has 0 spiro atoms. The van der Waals surface area contributed by atoms with E-state index in [1.54, 1.807) is 11.4 Å². The van der Waals surface area contributed by atoms with E-state index in [0.29, 0.717) is 36.4 Å². The molecule has 242 valence electrons. The molecule has 1 saturated heterocycles. The fourth-order valence-electron chi connectivity index (χ4n) is 4.70. The highest BCUT2D eigenvalue weighted by Gasteiger charge is 2.29. The van der Waals surface area contributed by atoms with Gasteiger partial charge in [-0.1, -0.05) is 18.2 Å². The molecule has 14 heteroatoms. The van der Waals surface area contributed by atoms with Gasteiger partial charge in [-0.05, 0) is 66.9 Å². The third-order valence-electron chi connectivity index (χ3n) is 6.91. The van der Waals surface area contributed by atoms with Crippen molar-refractivity contribution in [2.45, 2.75) is 43.7 Å². The second kappa shape index (κ2) is 15.6. The third kappa shape index (κ3) is 11.0. The highest BCUT2D eigenvalue weighted by molar-refractivity contribution is 5.96. The van der Waals surface area contributed by atoms with Crippen LogP contribution in [0.4, 0.5) is 42.5 Å². The molecular formula is C31H32F6N4O4. The van der Waals surface area contributed by atoms with E-state index in [9.17, 15) is 31.5 Å². The van der Waals surface area contributed by atoms with Crippen LogP contribution in [0, 0.1) is 17.5 Å². The van der Waals surface area contributed by atoms with Gasteiger partial charge in [0.1, 0.15) is 42.7 Å². The summed E-state index contributed by atoms with van der Waals surface area (Å²) in [5, 5.41) is 10.6. The number of hydrogen-bond acceptors (Lipinski definition) is 6. The number of alkyl halides is 3. The molecular weight excluding hydrogens is 606 g/mol. The molecule has 3 atom stereocenters. The molecule has 3 aromatic carbocycles. The lowest BCUT2D eigenvalue weighted by atomic mass is 10.0. The summed E-state index contributed by atoms with van der Waals surface area (Å²) in [5.74, 6) is -1.92. The highest BCUT2D eigenvalue weighted by atomic mass is 19.4. The minimum Gasteiger partial charge on any atom is -0.447 e. The molecule has 1 aliphatic rings. The monoisotopic (exact) mass is 638 g/mol. The van der Waals surface area contributed by atoms with E-state index in [2.05, 4.69) is 16.0 Å². The molecule has 45 heavy (non-hydrogen) atoms. The van der Waals surface area contributed by atoms with Crippen LogP contribution in [0.3, 0.4) is 0 Å². The Hall–Kier alpha value is -4.30. The van der Waals surface area contributed by atoms with Crippen molar-refractivity contribution in [3.05, 3.63) is 95.3 Å². The molecule has 0 unspecified atom stereocenters. The first kappa shape index (κ1) is 33.6. The number of carbonyl (C=O) groups excluding carboxylic acids is 2. The lowest BCUT2D eigenvalue weighted by molar-refractivity contribution is -0.124. The molecule has 3 aromatic rings. The summed E-state index contributed by atoms with van der Waals surface area (Å²) < 4.78 is 89.6. The number of alkyl carbamates (subject to hydrolysis) is 1. The second-order valence-corrected chi connectivity index (χ2v) is 10.4. The predicted octanol–water partition coefficient (Wildman–Crippen LogP) is 5.34. The fourth-order valence-corrected chi connectivity index (χ4v) is 4.70. The van der Waals surface area contributed by atoms with Crippen LogP contribution in [-0.4, -0.2) is 62.7 Å². The van der Waals surface area contributed by atoms with Crippen molar-refractivity contribution in [3.8, 4) is 0 Å². The minimum absolute atomic E-state index is 0.122. The normalized spacial score (nSPS) is 17.3. The lowest BCUT2D eigenvalue weighted by Gasteiger charge is -2.31. The molecule has 1 aliphatic heterocycles. The van der Waals surface area contributed by atoms with Gasteiger partial charge in [0.05, 0.1) is 6.10 Å². The van der Waals surface area contributed by atoms with E-state index < -0.39 is 60.4 Å². The highest BCUT2D eigenvalue weighted by Crippen LogP contribution is 2.25. The number of nitrogens with one attached hydrogen (secondary N) is 4. The van der Waals surface area contributed by atoms with Gasteiger partial charge in [-0.2, -0.15) is 13.2 Å². The molecule has 0 aromatic heterocycles. The average molecular weight is 639 g/mol. The quantitative estimate of drug-likeness (QED) is 0.200. The summed E-state index contributed by atoms with van der Waals surface area (Å²) in [5.41, 5.74) is 1.62. The van der Waals surface area contributed by atoms with Crippen molar-refractivity contribution in [2.24, 2.45) is 0 Å². The summed E-state index contributed by atoms with van der Waals surface area (Å²) in [4.78, 5) is 24.9. The lowest BCUT2D eigenvalue weighted by Crippen LogP contribution is -2.47. The van der Waals surface area contributed by atoms with E-state index in [4.69, 9.17) is 9.47 Å². The van der Waals surface area contributed by atoms with Crippen LogP contribution in [0.5, 0.6) is 0 Å². The Morgan fingerprint density at radius 2 is 1.60 bits per heavy atom. The topological polar surface area (TPSA) is 101 Å². The minimum atomic E-state index is -4.57. The van der Waals surface area contributed by atoms with Crippen LogP contribution in [0.1, 0.15) is 17.5 Å². The number of hydrogen-bond donors (Lipinski definition) is 4. The van der Waals surface area contributed by atoms with Gasteiger partial charge in [0.2, 0.25) is 5.91 Å². The Bertz CT molecular complexity index is 1420. The smallest absolute Gasteiger partial charge is 0.407 e. The van der Waals surface area contributed by atoms with Crippen LogP contribution < -0.4 is 21.3 Å². The number of carbonyl (C=O) groups is 2. The van der Waals surface area contributed by atoms with Crippen molar-refractivity contribution >= 4 is 23.4 Å². The van der Waals surface area contributed by atoms with Gasteiger partial charge in [0, 0.05) is 36.4 Å². The Balaban J connectivity index is 1.41. The number of ether oxygens (including phenoxy) is 2. The Labute approximate surface area is 255 Å². The van der Waals surface area contributed by atoms with Crippen molar-refractivity contribution in [1.29, 1.82) is 0 Å². The molecule has 8 nitrogen and oxygen atoms in total. The van der Waals surface area contributed by atoms with Crippen LogP contribution in [-0.2, 0) is 27.1 Å². The van der Waals surface area contributed by atoms with Gasteiger partial charge in [0.15, 0.2) is 0 Å². The van der Waals surface area contributed by atoms with Gasteiger partial charge in [-0.25, -0.2) is 18.0 Å². The first-order valence-corrected chi connectivity index (χ1v) is 14.1. The molecule has 2 amide bonds. The molecule has 0 radical (unpaired) electrons. The molecule has 1 heterocycles. The Kier molecular flexibility index (Phi) is 11.7. The zero-order chi connectivity index (χ0) is 32.4. The van der Waals surface area contributed by atoms with Crippen LogP contribution in [0.15, 0.2) is 66.7 Å². The SMILES string of the molecule is O=C(NCC(F)(F)F)OC[C@@H]1CNC[C@@H](CCc2c(F)cccc2N[C@@H](Cc2ccc(F)cc2)C(=O)Nc2ccc(F)cc2)O1. The van der Waals surface area contributed by atoms with E-state index in [0.717, 1.165) is 0 Å². The number of rotatable bonds is 12. The van der Waals surface area contributed by atoms with Crippen molar-refractivity contribution in [2.75, 3.05) is 36.9 Å². The zero-order valence-corrected chi connectivity index (χ0v) is 23.9. The molecule has 0 bridgehead atoms. The maximum atomic E-state index is 15.1. The van der Waals surface area contributed by atoms with Crippen molar-refractivity contribution < 1.29 is 45.4 Å². The van der Waals surface area contributed by atoms with Crippen LogP contribution in [0.25, 0.3) is 0 Å². The van der Waals surface area contributed by atoms with Gasteiger partial charge >= 0.3 is 12.3 Å². The van der Waals surface area contributed by atoms with Crippen LogP contribution >= 0.6 is 0 Å². The second-order valence-electron chi connectivity index (χ2n) is 10.4. The van der Waals surface area contributed by atoms with Crippen molar-refractivity contribution in [3.63, 3.8) is 0 Å². The number of halogens is 6. The van der Waals surface area contributed by atoms with Crippen molar-refractivity contribution in [1.82, 2.24) is 10.6 Å². The van der Waals surface area contributed by atoms with E-state index in [1.165, 1.54) is 60.7 Å². The maximum absolute atomic E-state index is 15.1. The first-order chi connectivity index (χ1) is 21.4. The van der Waals surface area contributed by atoms with Crippen LogP contribution in [0.2, 0.25) is 0 Å². The average Bonchev–Trinajstić information content (AvgIpc) is 3.00. The number of amides is 2. The predicted molar refractivity (Wildman–Crippen MR) is 154 cm³/mol. The summed E-state index contributed by atoms with van der Waals surface area (Å²) >= 11 is 0. The van der Waals surface area contributed by atoms with Gasteiger partial charge in [-0.3, -0.25) is 4.79 Å². The van der Waals surface area contributed by atoms with Gasteiger partial charge < -0.3 is 30.7 Å². The van der Waals surface area contributed by atoms with E-state index in [1.807, 2.05) is 0 Å². The third-order valence-corrected chi connectivity index (χ3v) is 6.91. The van der Waals surface area contributed by atoms with Gasteiger partial charge in [-0.15, -0.1) is 0 Å². The summed E-state index contributed by atoms with van der Waals surface area (Å²) in [7, 11) is 0. The van der Waals surface area contributed by atoms with E-state index in [-0.39, 0.29) is 25.0 Å². The largest absolute Gasteiger partial charge is 0.447 e. The summed E-state index contributed by atoms with van der Waals surface area (Å²) in [6.45, 7) is -1.10. The van der Waals surface area contributed by atoms with E-state index >= 15 is 4.39 Å². The standard InChI is InChI=1S/C31H32F6N4O4/c32-20-6-4-19(5-7-20)14-28(29(42)40-22-10-8-21(33)9-11-22)41-27-3-1-2-26(34)25(27)13-12-23-15-38-16-24(45-23)17-44-30(43)39-18-31(35,36)37/h1-11,23-24,28,38,41H,12-18H2,(H,39,43)(H,40,42)/t23-,24+,28+/m1/s1. The molecule has 0 aliphatic carbocycles. The molecule has 0 saturated carbocycles. The Morgan fingerprint density at radius 1 is 0.933 bits per heavy atom. The summed E-state index contributed by atoms with van der Waals surface area (Å²) in [6.07, 6.45) is -6.23. The first-order valence-electron chi connectivity index (χ1n) is 14.1. The Morgan fingerprint density at radius 3 is 2.29 bits per heavy atom. The van der Waals surface area contributed by atoms with Gasteiger partial charge in [0.25, 0.3) is 0 Å². The molecule has 1 fully saturated rings. The molecule has 4 N–H and O–H groups in total. The number of benzene rings is 3. The summed E-state index contributed by atoms with van der Waals surface area (Å²) in [6, 6.07) is 14.3.